The van der Waals surface area contributed by atoms with E-state index in [0.29, 0.717) is 10.8 Å². The van der Waals surface area contributed by atoms with Crippen LogP contribution in [0.2, 0.25) is 5.02 Å². The van der Waals surface area contributed by atoms with Crippen LogP contribution in [0.25, 0.3) is 6.08 Å². The second-order valence-electron chi connectivity index (χ2n) is 5.24. The molecular formula is C18H15Br2ClN2O3. The van der Waals surface area contributed by atoms with Crippen molar-refractivity contribution in [3.63, 3.8) is 0 Å². The highest BCUT2D eigenvalue weighted by molar-refractivity contribution is 9.11. The van der Waals surface area contributed by atoms with Crippen molar-refractivity contribution < 1.29 is 14.3 Å². The molecule has 0 radical (unpaired) electrons. The second kappa shape index (κ2) is 9.75. The summed E-state index contributed by atoms with van der Waals surface area (Å²) in [5, 5.41) is 0.617. The summed E-state index contributed by atoms with van der Waals surface area (Å²) in [4.78, 5) is 23.5. The fourth-order valence-corrected chi connectivity index (χ4v) is 3.64. The number of halogens is 3. The molecule has 26 heavy (non-hydrogen) atoms. The summed E-state index contributed by atoms with van der Waals surface area (Å²) in [7, 11) is 0. The summed E-state index contributed by atoms with van der Waals surface area (Å²) >= 11 is 12.6. The van der Waals surface area contributed by atoms with Crippen LogP contribution in [0.5, 0.6) is 5.75 Å². The number of ether oxygens (including phenoxy) is 1. The van der Waals surface area contributed by atoms with Crippen LogP contribution in [-0.2, 0) is 9.59 Å². The summed E-state index contributed by atoms with van der Waals surface area (Å²) in [6.45, 7) is 1.63. The van der Waals surface area contributed by atoms with E-state index in [2.05, 4.69) is 42.7 Å². The van der Waals surface area contributed by atoms with Gasteiger partial charge in [-0.2, -0.15) is 0 Å². The highest BCUT2D eigenvalue weighted by Gasteiger charge is 2.10. The number of carbonyl (C=O) groups is 2. The maximum atomic E-state index is 11.8. The van der Waals surface area contributed by atoms with E-state index in [0.717, 1.165) is 20.1 Å². The van der Waals surface area contributed by atoms with Gasteiger partial charge in [-0.05, 0) is 64.3 Å². The average Bonchev–Trinajstić information content (AvgIpc) is 2.58. The maximum Gasteiger partial charge on any atom is 0.276 e. The maximum absolute atomic E-state index is 11.8. The highest BCUT2D eigenvalue weighted by Crippen LogP contribution is 2.32. The van der Waals surface area contributed by atoms with Crippen LogP contribution in [0.1, 0.15) is 11.1 Å². The number of carbonyl (C=O) groups excluding carboxylic acids is 2. The van der Waals surface area contributed by atoms with E-state index in [1.54, 1.807) is 30.3 Å². The largest absolute Gasteiger partial charge is 0.482 e. The van der Waals surface area contributed by atoms with Gasteiger partial charge in [-0.1, -0.05) is 39.7 Å². The predicted molar refractivity (Wildman–Crippen MR) is 109 cm³/mol. The molecule has 2 aromatic rings. The minimum atomic E-state index is -0.479. The van der Waals surface area contributed by atoms with E-state index in [-0.39, 0.29) is 6.61 Å². The van der Waals surface area contributed by atoms with Crippen molar-refractivity contribution in [1.82, 2.24) is 10.9 Å². The average molecular weight is 503 g/mol. The van der Waals surface area contributed by atoms with Crippen LogP contribution in [0, 0.1) is 6.92 Å². The first-order valence-corrected chi connectivity index (χ1v) is 9.42. The molecule has 0 aliphatic carbocycles. The molecule has 0 saturated carbocycles. The molecule has 0 aromatic heterocycles. The molecule has 0 heterocycles. The van der Waals surface area contributed by atoms with Crippen molar-refractivity contribution in [2.75, 3.05) is 6.61 Å². The van der Waals surface area contributed by atoms with E-state index in [1.165, 1.54) is 6.08 Å². The summed E-state index contributed by atoms with van der Waals surface area (Å²) in [5.74, 6) is -0.376. The Hall–Kier alpha value is -1.83. The summed E-state index contributed by atoms with van der Waals surface area (Å²) in [5.41, 5.74) is 6.26. The Morgan fingerprint density at radius 3 is 2.50 bits per heavy atom. The number of rotatable bonds is 5. The van der Waals surface area contributed by atoms with Gasteiger partial charge in [0.1, 0.15) is 5.75 Å². The number of benzene rings is 2. The van der Waals surface area contributed by atoms with Gasteiger partial charge in [0, 0.05) is 15.6 Å². The minimum absolute atomic E-state index is 0.234. The van der Waals surface area contributed by atoms with Crippen LogP contribution in [0.3, 0.4) is 0 Å². The third kappa shape index (κ3) is 6.48. The van der Waals surface area contributed by atoms with Gasteiger partial charge in [0.25, 0.3) is 11.8 Å². The minimum Gasteiger partial charge on any atom is -0.482 e. The number of amides is 2. The molecule has 0 atom stereocenters. The molecule has 0 bridgehead atoms. The molecule has 0 fully saturated rings. The van der Waals surface area contributed by atoms with Crippen LogP contribution < -0.4 is 15.6 Å². The Labute approximate surface area is 173 Å². The molecule has 2 rings (SSSR count). The van der Waals surface area contributed by atoms with Crippen molar-refractivity contribution in [1.29, 1.82) is 0 Å². The third-order valence-corrected chi connectivity index (χ3v) is 4.46. The number of hydrogen-bond acceptors (Lipinski definition) is 3. The van der Waals surface area contributed by atoms with Gasteiger partial charge in [0.2, 0.25) is 0 Å². The van der Waals surface area contributed by atoms with Crippen molar-refractivity contribution in [3.8, 4) is 5.75 Å². The van der Waals surface area contributed by atoms with Gasteiger partial charge >= 0.3 is 0 Å². The zero-order valence-corrected chi connectivity index (χ0v) is 17.6. The van der Waals surface area contributed by atoms with E-state index in [1.807, 2.05) is 19.1 Å². The molecule has 0 spiro atoms. The molecule has 136 valence electrons. The fourth-order valence-electron chi connectivity index (χ4n) is 1.96. The number of hydrazine groups is 1. The molecule has 2 N–H and O–H groups in total. The summed E-state index contributed by atoms with van der Waals surface area (Å²) < 4.78 is 7.13. The Morgan fingerprint density at radius 2 is 1.85 bits per heavy atom. The van der Waals surface area contributed by atoms with Crippen molar-refractivity contribution in [2.45, 2.75) is 6.92 Å². The quantitative estimate of drug-likeness (QED) is 0.470. The van der Waals surface area contributed by atoms with Crippen LogP contribution in [-0.4, -0.2) is 18.4 Å². The predicted octanol–water partition coefficient (Wildman–Crippen LogP) is 4.41. The normalized spacial score (nSPS) is 10.6. The SMILES string of the molecule is Cc1cc(Br)cc(Br)c1OCC(=O)NNC(=O)/C=C/c1ccc(Cl)cc1. The summed E-state index contributed by atoms with van der Waals surface area (Å²) in [6, 6.07) is 10.7. The lowest BCUT2D eigenvalue weighted by atomic mass is 10.2. The second-order valence-corrected chi connectivity index (χ2v) is 7.45. The Kier molecular flexibility index (Phi) is 7.68. The molecule has 5 nitrogen and oxygen atoms in total. The zero-order chi connectivity index (χ0) is 19.1. The monoisotopic (exact) mass is 500 g/mol. The van der Waals surface area contributed by atoms with Crippen molar-refractivity contribution >= 4 is 61.4 Å². The third-order valence-electron chi connectivity index (χ3n) is 3.16. The molecule has 0 saturated heterocycles. The number of hydrogen-bond donors (Lipinski definition) is 2. The Balaban J connectivity index is 1.79. The van der Waals surface area contributed by atoms with E-state index < -0.39 is 11.8 Å². The van der Waals surface area contributed by atoms with Gasteiger partial charge in [0.05, 0.1) is 4.47 Å². The van der Waals surface area contributed by atoms with E-state index in [9.17, 15) is 9.59 Å². The van der Waals surface area contributed by atoms with Gasteiger partial charge in [-0.15, -0.1) is 0 Å². The van der Waals surface area contributed by atoms with E-state index in [4.69, 9.17) is 16.3 Å². The standard InChI is InChI=1S/C18H15Br2ClN2O3/c1-11-8-13(19)9-15(20)18(11)26-10-17(25)23-22-16(24)7-4-12-2-5-14(21)6-3-12/h2-9H,10H2,1H3,(H,22,24)(H,23,25)/b7-4+. The molecular weight excluding hydrogens is 487 g/mol. The lowest BCUT2D eigenvalue weighted by Gasteiger charge is -2.12. The van der Waals surface area contributed by atoms with Crippen molar-refractivity contribution in [2.24, 2.45) is 0 Å². The smallest absolute Gasteiger partial charge is 0.276 e. The molecule has 2 amide bonds. The lowest BCUT2D eigenvalue weighted by Crippen LogP contribution is -2.43. The lowest BCUT2D eigenvalue weighted by molar-refractivity contribution is -0.128. The van der Waals surface area contributed by atoms with Crippen molar-refractivity contribution in [3.05, 3.63) is 67.6 Å². The van der Waals surface area contributed by atoms with Gasteiger partial charge in [-0.25, -0.2) is 0 Å². The molecule has 0 aliphatic heterocycles. The van der Waals surface area contributed by atoms with Crippen LogP contribution >= 0.6 is 43.5 Å². The molecule has 8 heteroatoms. The molecule has 2 aromatic carbocycles. The van der Waals surface area contributed by atoms with Gasteiger partial charge < -0.3 is 4.74 Å². The first-order chi connectivity index (χ1) is 12.3. The summed E-state index contributed by atoms with van der Waals surface area (Å²) in [6.07, 6.45) is 2.91. The highest BCUT2D eigenvalue weighted by atomic mass is 79.9. The zero-order valence-electron chi connectivity index (χ0n) is 13.7. The topological polar surface area (TPSA) is 67.4 Å². The molecule has 0 unspecified atom stereocenters. The number of nitrogens with one attached hydrogen (secondary N) is 2. The van der Waals surface area contributed by atoms with Gasteiger partial charge in [-0.3, -0.25) is 20.4 Å². The van der Waals surface area contributed by atoms with Gasteiger partial charge in [0.15, 0.2) is 6.61 Å². The Bertz CT molecular complexity index is 816. The van der Waals surface area contributed by atoms with E-state index >= 15 is 0 Å². The molecule has 0 aliphatic rings. The van der Waals surface area contributed by atoms with Crippen LogP contribution in [0.15, 0.2) is 51.4 Å². The number of aryl methyl sites for hydroxylation is 1. The first kappa shape index (κ1) is 20.5. The fraction of sp³-hybridized carbons (Fsp3) is 0.111. The first-order valence-electron chi connectivity index (χ1n) is 7.46. The Morgan fingerprint density at radius 1 is 1.15 bits per heavy atom. The van der Waals surface area contributed by atoms with Crippen LogP contribution in [0.4, 0.5) is 0 Å².